The SMILES string of the molecule is CC=Nc1ncccc1N(C)CCCN(C)C. The van der Waals surface area contributed by atoms with E-state index in [0.717, 1.165) is 31.0 Å². The van der Waals surface area contributed by atoms with Gasteiger partial charge < -0.3 is 9.80 Å². The molecule has 0 saturated heterocycles. The molecule has 1 heterocycles. The minimum atomic E-state index is 0.794. The summed E-state index contributed by atoms with van der Waals surface area (Å²) in [6, 6.07) is 4.01. The molecule has 0 fully saturated rings. The highest BCUT2D eigenvalue weighted by Crippen LogP contribution is 2.24. The van der Waals surface area contributed by atoms with Crippen LogP contribution in [0.1, 0.15) is 13.3 Å². The van der Waals surface area contributed by atoms with E-state index in [1.807, 2.05) is 13.0 Å². The number of rotatable bonds is 6. The first-order chi connectivity index (χ1) is 8.15. The predicted octanol–water partition coefficient (Wildman–Crippen LogP) is 2.19. The fraction of sp³-hybridized carbons (Fsp3) is 0.538. The zero-order valence-corrected chi connectivity index (χ0v) is 11.2. The molecule has 0 spiro atoms. The molecule has 0 aromatic carbocycles. The molecule has 4 heteroatoms. The third kappa shape index (κ3) is 4.53. The lowest BCUT2D eigenvalue weighted by molar-refractivity contribution is 0.401. The highest BCUT2D eigenvalue weighted by atomic mass is 15.1. The maximum Gasteiger partial charge on any atom is 0.175 e. The fourth-order valence-corrected chi connectivity index (χ4v) is 1.65. The first-order valence-corrected chi connectivity index (χ1v) is 5.94. The standard InChI is InChI=1S/C13H22N4/c1-5-14-13-12(8-6-9-15-13)17(4)11-7-10-16(2)3/h5-6,8-9H,7,10-11H2,1-4H3. The van der Waals surface area contributed by atoms with E-state index in [4.69, 9.17) is 0 Å². The Morgan fingerprint density at radius 2 is 2.06 bits per heavy atom. The lowest BCUT2D eigenvalue weighted by atomic mass is 10.3. The molecular weight excluding hydrogens is 212 g/mol. The van der Waals surface area contributed by atoms with Crippen LogP contribution < -0.4 is 4.90 Å². The molecule has 0 N–H and O–H groups in total. The Bertz CT molecular complexity index is 360. The van der Waals surface area contributed by atoms with E-state index >= 15 is 0 Å². The molecule has 4 nitrogen and oxygen atoms in total. The van der Waals surface area contributed by atoms with Crippen LogP contribution in [0.4, 0.5) is 11.5 Å². The smallest absolute Gasteiger partial charge is 0.175 e. The van der Waals surface area contributed by atoms with Gasteiger partial charge >= 0.3 is 0 Å². The van der Waals surface area contributed by atoms with Gasteiger partial charge in [-0.3, -0.25) is 0 Å². The number of anilines is 1. The van der Waals surface area contributed by atoms with Crippen LogP contribution in [0.2, 0.25) is 0 Å². The molecule has 17 heavy (non-hydrogen) atoms. The van der Waals surface area contributed by atoms with Gasteiger partial charge in [-0.1, -0.05) is 0 Å². The quantitative estimate of drug-likeness (QED) is 0.707. The van der Waals surface area contributed by atoms with Crippen LogP contribution in [-0.2, 0) is 0 Å². The van der Waals surface area contributed by atoms with Crippen molar-refractivity contribution in [3.8, 4) is 0 Å². The molecule has 0 saturated carbocycles. The summed E-state index contributed by atoms with van der Waals surface area (Å²) in [7, 11) is 6.27. The first kappa shape index (κ1) is 13.6. The normalized spacial score (nSPS) is 11.4. The summed E-state index contributed by atoms with van der Waals surface area (Å²) >= 11 is 0. The van der Waals surface area contributed by atoms with Gasteiger partial charge in [0.2, 0.25) is 0 Å². The number of aliphatic imine (C=N–C) groups is 1. The Morgan fingerprint density at radius 1 is 1.29 bits per heavy atom. The second-order valence-corrected chi connectivity index (χ2v) is 4.31. The van der Waals surface area contributed by atoms with E-state index in [1.54, 1.807) is 12.4 Å². The third-order valence-electron chi connectivity index (χ3n) is 2.53. The Morgan fingerprint density at radius 3 is 2.71 bits per heavy atom. The Labute approximate surface area is 104 Å². The predicted molar refractivity (Wildman–Crippen MR) is 74.5 cm³/mol. The van der Waals surface area contributed by atoms with Gasteiger partial charge in [-0.25, -0.2) is 9.98 Å². The highest BCUT2D eigenvalue weighted by Gasteiger charge is 2.06. The van der Waals surface area contributed by atoms with Crippen LogP contribution in [0.5, 0.6) is 0 Å². The number of hydrogen-bond donors (Lipinski definition) is 0. The zero-order valence-electron chi connectivity index (χ0n) is 11.2. The fourth-order valence-electron chi connectivity index (χ4n) is 1.65. The average molecular weight is 234 g/mol. The van der Waals surface area contributed by atoms with Crippen LogP contribution in [-0.4, -0.2) is 50.3 Å². The van der Waals surface area contributed by atoms with Crippen molar-refractivity contribution in [2.45, 2.75) is 13.3 Å². The topological polar surface area (TPSA) is 31.7 Å². The van der Waals surface area contributed by atoms with Crippen LogP contribution in [0.15, 0.2) is 23.3 Å². The lowest BCUT2D eigenvalue weighted by Crippen LogP contribution is -2.23. The minimum absolute atomic E-state index is 0.794. The summed E-state index contributed by atoms with van der Waals surface area (Å²) in [5.41, 5.74) is 1.09. The minimum Gasteiger partial charge on any atom is -0.372 e. The summed E-state index contributed by atoms with van der Waals surface area (Å²) in [5, 5.41) is 0. The van der Waals surface area contributed by atoms with E-state index in [-0.39, 0.29) is 0 Å². The Kier molecular flexibility index (Phi) is 5.63. The van der Waals surface area contributed by atoms with Crippen molar-refractivity contribution in [3.05, 3.63) is 18.3 Å². The van der Waals surface area contributed by atoms with E-state index < -0.39 is 0 Å². The molecule has 0 aliphatic carbocycles. The molecular formula is C13H22N4. The van der Waals surface area contributed by atoms with Crippen molar-refractivity contribution in [3.63, 3.8) is 0 Å². The molecule has 1 aromatic rings. The average Bonchev–Trinajstić information content (AvgIpc) is 2.29. The Hall–Kier alpha value is -1.42. The second-order valence-electron chi connectivity index (χ2n) is 4.31. The second kappa shape index (κ2) is 7.01. The van der Waals surface area contributed by atoms with E-state index in [1.165, 1.54) is 0 Å². The van der Waals surface area contributed by atoms with Crippen LogP contribution in [0.3, 0.4) is 0 Å². The van der Waals surface area contributed by atoms with Crippen molar-refractivity contribution in [1.29, 1.82) is 0 Å². The number of nitrogens with zero attached hydrogens (tertiary/aromatic N) is 4. The van der Waals surface area contributed by atoms with Crippen LogP contribution in [0, 0.1) is 0 Å². The van der Waals surface area contributed by atoms with E-state index in [0.29, 0.717) is 0 Å². The number of hydrogen-bond acceptors (Lipinski definition) is 4. The van der Waals surface area contributed by atoms with Gasteiger partial charge in [-0.05, 0) is 46.1 Å². The summed E-state index contributed by atoms with van der Waals surface area (Å²) in [5.74, 6) is 0.794. The highest BCUT2D eigenvalue weighted by molar-refractivity contribution is 5.68. The van der Waals surface area contributed by atoms with Crippen LogP contribution >= 0.6 is 0 Å². The molecule has 0 atom stereocenters. The maximum absolute atomic E-state index is 4.28. The molecule has 0 aliphatic rings. The van der Waals surface area contributed by atoms with Gasteiger partial charge in [0.25, 0.3) is 0 Å². The lowest BCUT2D eigenvalue weighted by Gasteiger charge is -2.21. The van der Waals surface area contributed by atoms with E-state index in [9.17, 15) is 0 Å². The van der Waals surface area contributed by atoms with Gasteiger partial charge in [0.05, 0.1) is 5.69 Å². The summed E-state index contributed by atoms with van der Waals surface area (Å²) in [6.45, 7) is 4.01. The molecule has 0 radical (unpaired) electrons. The molecule has 0 unspecified atom stereocenters. The molecule has 0 bridgehead atoms. The first-order valence-electron chi connectivity index (χ1n) is 5.94. The van der Waals surface area contributed by atoms with Gasteiger partial charge in [0, 0.05) is 26.0 Å². The van der Waals surface area contributed by atoms with Gasteiger partial charge in [0.1, 0.15) is 0 Å². The Balaban J connectivity index is 2.64. The van der Waals surface area contributed by atoms with Crippen molar-refractivity contribution >= 4 is 17.7 Å². The van der Waals surface area contributed by atoms with Gasteiger partial charge in [-0.2, -0.15) is 0 Å². The van der Waals surface area contributed by atoms with Crippen molar-refractivity contribution in [2.24, 2.45) is 4.99 Å². The van der Waals surface area contributed by atoms with Gasteiger partial charge in [-0.15, -0.1) is 0 Å². The summed E-state index contributed by atoms with van der Waals surface area (Å²) in [4.78, 5) is 13.0. The summed E-state index contributed by atoms with van der Waals surface area (Å²) < 4.78 is 0. The molecule has 0 aliphatic heterocycles. The van der Waals surface area contributed by atoms with Crippen LogP contribution in [0.25, 0.3) is 0 Å². The van der Waals surface area contributed by atoms with Crippen molar-refractivity contribution in [2.75, 3.05) is 39.1 Å². The van der Waals surface area contributed by atoms with Crippen molar-refractivity contribution in [1.82, 2.24) is 9.88 Å². The van der Waals surface area contributed by atoms with Gasteiger partial charge in [0.15, 0.2) is 5.82 Å². The monoisotopic (exact) mass is 234 g/mol. The molecule has 1 rings (SSSR count). The molecule has 1 aromatic heterocycles. The maximum atomic E-state index is 4.28. The summed E-state index contributed by atoms with van der Waals surface area (Å²) in [6.07, 6.45) is 4.69. The van der Waals surface area contributed by atoms with Crippen molar-refractivity contribution < 1.29 is 0 Å². The number of aromatic nitrogens is 1. The zero-order chi connectivity index (χ0) is 12.7. The third-order valence-corrected chi connectivity index (χ3v) is 2.53. The molecule has 94 valence electrons. The van der Waals surface area contributed by atoms with E-state index in [2.05, 4.69) is 47.0 Å². The largest absolute Gasteiger partial charge is 0.372 e. The molecule has 0 amide bonds. The number of pyridine rings is 1.